The predicted molar refractivity (Wildman–Crippen MR) is 73.9 cm³/mol. The third-order valence-electron chi connectivity index (χ3n) is 3.44. The van der Waals surface area contributed by atoms with E-state index < -0.39 is 0 Å². The molecule has 0 N–H and O–H groups in total. The first kappa shape index (κ1) is 10.4. The fourth-order valence-electron chi connectivity index (χ4n) is 2.58. The minimum absolute atomic E-state index is 0.0393. The molecule has 0 spiro atoms. The van der Waals surface area contributed by atoms with Crippen LogP contribution >= 0.6 is 0 Å². The van der Waals surface area contributed by atoms with Crippen LogP contribution in [0, 0.1) is 0 Å². The fraction of sp³-hybridized carbons (Fsp3) is 0.0625. The lowest BCUT2D eigenvalue weighted by Gasteiger charge is -2.18. The van der Waals surface area contributed by atoms with E-state index in [4.69, 9.17) is 4.74 Å². The largest absolute Gasteiger partial charge is 0.487 e. The Balaban J connectivity index is 2.25. The Bertz CT molecular complexity index is 849. The summed E-state index contributed by atoms with van der Waals surface area (Å²) in [5.41, 5.74) is 2.76. The Morgan fingerprint density at radius 2 is 1.89 bits per heavy atom. The molecule has 0 saturated carbocycles. The SMILES string of the molecule is O=c1ccc2cccc3c2n1-c1cccc(c1)CO3. The standard InChI is InChI=1S/C16H11NO2/c18-15-8-7-12-4-2-6-14-16(12)17(15)13-5-1-3-11(9-13)10-19-14/h1-9H,10H2. The molecule has 0 amide bonds. The molecule has 19 heavy (non-hydrogen) atoms. The second-order valence-corrected chi connectivity index (χ2v) is 4.66. The average Bonchev–Trinajstić information content (AvgIpc) is 2.44. The first-order chi connectivity index (χ1) is 9.33. The van der Waals surface area contributed by atoms with Crippen molar-refractivity contribution < 1.29 is 4.74 Å². The Labute approximate surface area is 109 Å². The molecule has 2 bridgehead atoms. The summed E-state index contributed by atoms with van der Waals surface area (Å²) < 4.78 is 7.55. The second-order valence-electron chi connectivity index (χ2n) is 4.66. The van der Waals surface area contributed by atoms with E-state index in [0.717, 1.165) is 27.9 Å². The van der Waals surface area contributed by atoms with E-state index in [2.05, 4.69) is 0 Å². The highest BCUT2D eigenvalue weighted by Gasteiger charge is 2.13. The normalized spacial score (nSPS) is 12.6. The maximum absolute atomic E-state index is 12.2. The van der Waals surface area contributed by atoms with Crippen molar-refractivity contribution in [3.63, 3.8) is 0 Å². The van der Waals surface area contributed by atoms with Crippen LogP contribution in [0.3, 0.4) is 0 Å². The van der Waals surface area contributed by atoms with Crippen LogP contribution in [-0.2, 0) is 6.61 Å². The van der Waals surface area contributed by atoms with Crippen molar-refractivity contribution in [2.45, 2.75) is 6.61 Å². The van der Waals surface area contributed by atoms with Crippen molar-refractivity contribution >= 4 is 10.9 Å². The smallest absolute Gasteiger partial charge is 0.255 e. The zero-order chi connectivity index (χ0) is 12.8. The summed E-state index contributed by atoms with van der Waals surface area (Å²) in [5.74, 6) is 0.752. The van der Waals surface area contributed by atoms with Gasteiger partial charge in [0.1, 0.15) is 12.4 Å². The van der Waals surface area contributed by atoms with Gasteiger partial charge in [0, 0.05) is 17.1 Å². The van der Waals surface area contributed by atoms with Gasteiger partial charge in [-0.05, 0) is 29.8 Å². The first-order valence-electron chi connectivity index (χ1n) is 6.20. The Morgan fingerprint density at radius 3 is 2.84 bits per heavy atom. The molecule has 1 aliphatic heterocycles. The average molecular weight is 249 g/mol. The molecule has 3 nitrogen and oxygen atoms in total. The van der Waals surface area contributed by atoms with Crippen LogP contribution < -0.4 is 10.3 Å². The van der Waals surface area contributed by atoms with Gasteiger partial charge in [-0.1, -0.05) is 24.3 Å². The molecule has 0 saturated heterocycles. The van der Waals surface area contributed by atoms with Gasteiger partial charge in [0.2, 0.25) is 0 Å². The van der Waals surface area contributed by atoms with Crippen LogP contribution in [0.15, 0.2) is 59.4 Å². The highest BCUT2D eigenvalue weighted by Crippen LogP contribution is 2.29. The third-order valence-corrected chi connectivity index (χ3v) is 3.44. The van der Waals surface area contributed by atoms with Crippen molar-refractivity contribution in [2.24, 2.45) is 0 Å². The van der Waals surface area contributed by atoms with E-state index in [1.54, 1.807) is 10.6 Å². The molecule has 0 aliphatic carbocycles. The number of benzene rings is 2. The van der Waals surface area contributed by atoms with Gasteiger partial charge in [0.15, 0.2) is 0 Å². The van der Waals surface area contributed by atoms with Gasteiger partial charge in [0.25, 0.3) is 5.56 Å². The summed E-state index contributed by atoms with van der Waals surface area (Å²) in [7, 11) is 0. The summed E-state index contributed by atoms with van der Waals surface area (Å²) in [6, 6.07) is 17.2. The molecule has 92 valence electrons. The number of ether oxygens (including phenoxy) is 1. The predicted octanol–water partition coefficient (Wildman–Crippen LogP) is 2.88. The van der Waals surface area contributed by atoms with Gasteiger partial charge in [0.05, 0.1) is 5.52 Å². The van der Waals surface area contributed by atoms with Crippen molar-refractivity contribution in [3.8, 4) is 11.4 Å². The van der Waals surface area contributed by atoms with Crippen molar-refractivity contribution in [3.05, 3.63) is 70.5 Å². The number of nitrogens with zero attached hydrogens (tertiary/aromatic N) is 1. The van der Waals surface area contributed by atoms with Crippen LogP contribution in [-0.4, -0.2) is 4.57 Å². The lowest BCUT2D eigenvalue weighted by molar-refractivity contribution is 0.308. The maximum atomic E-state index is 12.2. The van der Waals surface area contributed by atoms with Gasteiger partial charge in [-0.3, -0.25) is 9.36 Å². The van der Waals surface area contributed by atoms with Crippen LogP contribution in [0.5, 0.6) is 5.75 Å². The number of rotatable bonds is 0. The Morgan fingerprint density at radius 1 is 1.00 bits per heavy atom. The molecule has 2 aromatic carbocycles. The maximum Gasteiger partial charge on any atom is 0.255 e. The van der Waals surface area contributed by atoms with Gasteiger partial charge in [-0.15, -0.1) is 0 Å². The van der Waals surface area contributed by atoms with E-state index in [1.807, 2.05) is 48.5 Å². The van der Waals surface area contributed by atoms with Gasteiger partial charge >= 0.3 is 0 Å². The van der Waals surface area contributed by atoms with E-state index in [1.165, 1.54) is 0 Å². The molecule has 2 heterocycles. The third kappa shape index (κ3) is 1.48. The monoisotopic (exact) mass is 249 g/mol. The van der Waals surface area contributed by atoms with Crippen molar-refractivity contribution in [1.82, 2.24) is 4.57 Å². The van der Waals surface area contributed by atoms with E-state index >= 15 is 0 Å². The van der Waals surface area contributed by atoms with E-state index in [9.17, 15) is 4.79 Å². The van der Waals surface area contributed by atoms with E-state index in [0.29, 0.717) is 6.61 Å². The quantitative estimate of drug-likeness (QED) is 0.613. The highest BCUT2D eigenvalue weighted by atomic mass is 16.5. The van der Waals surface area contributed by atoms with Gasteiger partial charge < -0.3 is 4.74 Å². The van der Waals surface area contributed by atoms with Crippen molar-refractivity contribution in [1.29, 1.82) is 0 Å². The number of pyridine rings is 1. The molecule has 0 fully saturated rings. The van der Waals surface area contributed by atoms with Crippen LogP contribution in [0.4, 0.5) is 0 Å². The zero-order valence-corrected chi connectivity index (χ0v) is 10.2. The zero-order valence-electron chi connectivity index (χ0n) is 10.2. The molecular weight excluding hydrogens is 238 g/mol. The van der Waals surface area contributed by atoms with E-state index in [-0.39, 0.29) is 5.56 Å². The minimum atomic E-state index is -0.0393. The lowest BCUT2D eigenvalue weighted by Crippen LogP contribution is -2.19. The molecule has 0 unspecified atom stereocenters. The number of hydrogen-bond donors (Lipinski definition) is 0. The minimum Gasteiger partial charge on any atom is -0.487 e. The van der Waals surface area contributed by atoms with Crippen molar-refractivity contribution in [2.75, 3.05) is 0 Å². The Kier molecular flexibility index (Phi) is 2.03. The van der Waals surface area contributed by atoms with Gasteiger partial charge in [-0.2, -0.15) is 0 Å². The van der Waals surface area contributed by atoms with Crippen LogP contribution in [0.1, 0.15) is 5.56 Å². The topological polar surface area (TPSA) is 31.2 Å². The molecule has 3 heteroatoms. The summed E-state index contributed by atoms with van der Waals surface area (Å²) in [4.78, 5) is 12.2. The van der Waals surface area contributed by atoms with Crippen LogP contribution in [0.2, 0.25) is 0 Å². The number of para-hydroxylation sites is 1. The molecule has 0 radical (unpaired) electrons. The molecule has 0 atom stereocenters. The van der Waals surface area contributed by atoms with Gasteiger partial charge in [-0.25, -0.2) is 0 Å². The summed E-state index contributed by atoms with van der Waals surface area (Å²) in [6.45, 7) is 0.524. The van der Waals surface area contributed by atoms with Crippen LogP contribution in [0.25, 0.3) is 16.6 Å². The Hall–Kier alpha value is -2.55. The molecule has 4 rings (SSSR count). The number of aromatic nitrogens is 1. The summed E-state index contributed by atoms with van der Waals surface area (Å²) in [6.07, 6.45) is 0. The molecular formula is C16H11NO2. The second kappa shape index (κ2) is 3.72. The summed E-state index contributed by atoms with van der Waals surface area (Å²) >= 11 is 0. The fourth-order valence-corrected chi connectivity index (χ4v) is 2.58. The number of fused-ring (bicyclic) bond motifs is 3. The summed E-state index contributed by atoms with van der Waals surface area (Å²) in [5, 5.41) is 1.00. The molecule has 1 aromatic heterocycles. The molecule has 3 aromatic rings. The lowest BCUT2D eigenvalue weighted by atomic mass is 10.1. The molecule has 1 aliphatic rings. The number of hydrogen-bond acceptors (Lipinski definition) is 2. The highest BCUT2D eigenvalue weighted by molar-refractivity contribution is 5.86. The first-order valence-corrected chi connectivity index (χ1v) is 6.20.